The lowest BCUT2D eigenvalue weighted by atomic mass is 10.1. The summed E-state index contributed by atoms with van der Waals surface area (Å²) in [5.74, 6) is 2.44. The first kappa shape index (κ1) is 18.8. The maximum atomic E-state index is 14.9. The van der Waals surface area contributed by atoms with Crippen molar-refractivity contribution in [3.63, 3.8) is 0 Å². The van der Waals surface area contributed by atoms with Crippen LogP contribution < -0.4 is 4.74 Å². The number of pyridine rings is 2. The molecule has 0 spiro atoms. The summed E-state index contributed by atoms with van der Waals surface area (Å²) in [6.45, 7) is 0. The zero-order chi connectivity index (χ0) is 20.9. The third-order valence-corrected chi connectivity index (χ3v) is 6.35. The Morgan fingerprint density at radius 2 is 1.94 bits per heavy atom. The number of aromatic nitrogens is 4. The zero-order valence-electron chi connectivity index (χ0n) is 16.8. The zero-order valence-corrected chi connectivity index (χ0v) is 17.5. The minimum atomic E-state index is -0.450. The third kappa shape index (κ3) is 3.65. The molecule has 0 saturated heterocycles. The average molecular weight is 435 g/mol. The van der Waals surface area contributed by atoms with Gasteiger partial charge in [0.1, 0.15) is 11.6 Å². The first-order chi connectivity index (χ1) is 15.2. The molecule has 6 rings (SSSR count). The van der Waals surface area contributed by atoms with Crippen molar-refractivity contribution in [1.82, 2.24) is 19.6 Å². The second-order valence-electron chi connectivity index (χ2n) is 8.44. The van der Waals surface area contributed by atoms with Crippen molar-refractivity contribution in [1.29, 1.82) is 0 Å². The number of nitrogens with zero attached hydrogens (tertiary/aromatic N) is 4. The fourth-order valence-electron chi connectivity index (χ4n) is 3.89. The summed E-state index contributed by atoms with van der Waals surface area (Å²) in [6, 6.07) is 10.4. The molecule has 7 heteroatoms. The van der Waals surface area contributed by atoms with E-state index in [0.717, 1.165) is 30.8 Å². The first-order valence-electron chi connectivity index (χ1n) is 10.6. The number of fused-ring (bicyclic) bond motifs is 1. The van der Waals surface area contributed by atoms with E-state index in [0.29, 0.717) is 39.4 Å². The molecule has 3 aromatic heterocycles. The minimum absolute atomic E-state index is 0.170. The van der Waals surface area contributed by atoms with Gasteiger partial charge in [-0.2, -0.15) is 0 Å². The quantitative estimate of drug-likeness (QED) is 0.362. The van der Waals surface area contributed by atoms with E-state index in [1.54, 1.807) is 24.4 Å². The Morgan fingerprint density at radius 3 is 2.71 bits per heavy atom. The number of benzene rings is 1. The van der Waals surface area contributed by atoms with Gasteiger partial charge in [-0.3, -0.25) is 9.38 Å². The van der Waals surface area contributed by atoms with E-state index >= 15 is 0 Å². The number of rotatable bonds is 6. The van der Waals surface area contributed by atoms with Crippen molar-refractivity contribution in [2.45, 2.75) is 38.0 Å². The molecular weight excluding hydrogens is 415 g/mol. The Kier molecular flexibility index (Phi) is 4.42. The largest absolute Gasteiger partial charge is 0.454 e. The lowest BCUT2D eigenvalue weighted by molar-refractivity contribution is 0.441. The van der Waals surface area contributed by atoms with Gasteiger partial charge in [0.05, 0.1) is 5.02 Å². The molecule has 2 fully saturated rings. The van der Waals surface area contributed by atoms with Crippen LogP contribution in [0.5, 0.6) is 11.5 Å². The van der Waals surface area contributed by atoms with E-state index in [2.05, 4.69) is 15.2 Å². The van der Waals surface area contributed by atoms with Crippen molar-refractivity contribution in [2.24, 2.45) is 5.92 Å². The van der Waals surface area contributed by atoms with Crippen LogP contribution in [0.2, 0.25) is 5.02 Å². The van der Waals surface area contributed by atoms with Crippen LogP contribution in [0.25, 0.3) is 16.8 Å². The highest BCUT2D eigenvalue weighted by Crippen LogP contribution is 2.40. The van der Waals surface area contributed by atoms with Crippen LogP contribution in [0.15, 0.2) is 48.8 Å². The molecule has 31 heavy (non-hydrogen) atoms. The molecule has 2 saturated carbocycles. The third-order valence-electron chi connectivity index (χ3n) is 5.98. The maximum absolute atomic E-state index is 14.9. The lowest BCUT2D eigenvalue weighted by Crippen LogP contribution is -1.97. The molecule has 0 unspecified atom stereocenters. The van der Waals surface area contributed by atoms with Gasteiger partial charge in [0.15, 0.2) is 17.2 Å². The van der Waals surface area contributed by atoms with E-state index in [-0.39, 0.29) is 5.75 Å². The normalized spacial score (nSPS) is 16.1. The second-order valence-corrected chi connectivity index (χ2v) is 8.82. The number of hydrogen-bond acceptors (Lipinski definition) is 4. The van der Waals surface area contributed by atoms with E-state index < -0.39 is 5.82 Å². The molecule has 5 nitrogen and oxygen atoms in total. The summed E-state index contributed by atoms with van der Waals surface area (Å²) < 4.78 is 22.6. The predicted octanol–water partition coefficient (Wildman–Crippen LogP) is 6.21. The highest BCUT2D eigenvalue weighted by molar-refractivity contribution is 6.36. The van der Waals surface area contributed by atoms with Crippen LogP contribution >= 0.6 is 11.6 Å². The van der Waals surface area contributed by atoms with Crippen LogP contribution in [0.1, 0.15) is 43.1 Å². The lowest BCUT2D eigenvalue weighted by Gasteiger charge is -2.11. The molecule has 0 N–H and O–H groups in total. The fraction of sp³-hybridized carbons (Fsp3) is 0.292. The Bertz CT molecular complexity index is 1300. The van der Waals surface area contributed by atoms with Gasteiger partial charge in [-0.15, -0.1) is 10.2 Å². The van der Waals surface area contributed by atoms with E-state index in [1.165, 1.54) is 18.9 Å². The van der Waals surface area contributed by atoms with Gasteiger partial charge in [-0.1, -0.05) is 17.7 Å². The minimum Gasteiger partial charge on any atom is -0.454 e. The topological polar surface area (TPSA) is 52.3 Å². The van der Waals surface area contributed by atoms with Crippen LogP contribution in [-0.4, -0.2) is 19.6 Å². The van der Waals surface area contributed by atoms with Gasteiger partial charge in [-0.05, 0) is 61.4 Å². The molecule has 0 amide bonds. The van der Waals surface area contributed by atoms with Gasteiger partial charge >= 0.3 is 0 Å². The molecule has 0 aliphatic heterocycles. The van der Waals surface area contributed by atoms with Crippen molar-refractivity contribution in [3.8, 4) is 22.6 Å². The number of hydrogen-bond donors (Lipinski definition) is 0. The fourth-order valence-corrected chi connectivity index (χ4v) is 4.19. The van der Waals surface area contributed by atoms with Crippen molar-refractivity contribution >= 4 is 17.2 Å². The van der Waals surface area contributed by atoms with E-state index in [9.17, 15) is 4.39 Å². The molecule has 2 aliphatic carbocycles. The Morgan fingerprint density at radius 1 is 1.06 bits per heavy atom. The summed E-state index contributed by atoms with van der Waals surface area (Å²) in [5.41, 5.74) is 2.98. The second kappa shape index (κ2) is 7.31. The van der Waals surface area contributed by atoms with Crippen LogP contribution in [-0.2, 0) is 6.42 Å². The van der Waals surface area contributed by atoms with Gasteiger partial charge < -0.3 is 4.74 Å². The van der Waals surface area contributed by atoms with Crippen LogP contribution in [0.3, 0.4) is 0 Å². The SMILES string of the molecule is Fc1cc(-c2ccn3c(CC4CC4)nnc3c2Cl)ccc1Oc1ccnc(C2CC2)c1. The molecule has 156 valence electrons. The van der Waals surface area contributed by atoms with Crippen molar-refractivity contribution in [3.05, 3.63) is 71.2 Å². The Hall–Kier alpha value is -2.99. The molecule has 0 atom stereocenters. The highest BCUT2D eigenvalue weighted by Gasteiger charge is 2.26. The van der Waals surface area contributed by atoms with Gasteiger partial charge in [-0.25, -0.2) is 4.39 Å². The standard InChI is InChI=1S/C24H20ClFN4O/c25-23-18(8-10-30-22(11-14-1-2-14)28-29-24(23)30)16-5-6-21(19(26)12-16)31-17-7-9-27-20(13-17)15-3-4-15/h5-10,12-15H,1-4,11H2. The Balaban J connectivity index is 1.29. The summed E-state index contributed by atoms with van der Waals surface area (Å²) in [4.78, 5) is 4.37. The van der Waals surface area contributed by atoms with Gasteiger partial charge in [0.25, 0.3) is 0 Å². The van der Waals surface area contributed by atoms with Gasteiger partial charge in [0.2, 0.25) is 0 Å². The van der Waals surface area contributed by atoms with Crippen molar-refractivity contribution in [2.75, 3.05) is 0 Å². The molecule has 4 aromatic rings. The maximum Gasteiger partial charge on any atom is 0.180 e. The van der Waals surface area contributed by atoms with Crippen LogP contribution in [0, 0.1) is 11.7 Å². The number of halogens is 2. The molecule has 2 aliphatic rings. The summed E-state index contributed by atoms with van der Waals surface area (Å²) >= 11 is 6.63. The smallest absolute Gasteiger partial charge is 0.180 e. The average Bonchev–Trinajstić information content (AvgIpc) is 3.69. The van der Waals surface area contributed by atoms with E-state index in [1.807, 2.05) is 22.7 Å². The van der Waals surface area contributed by atoms with Crippen molar-refractivity contribution < 1.29 is 9.13 Å². The van der Waals surface area contributed by atoms with Gasteiger partial charge in [0, 0.05) is 42.1 Å². The molecule has 1 aromatic carbocycles. The summed E-state index contributed by atoms with van der Waals surface area (Å²) in [5, 5.41) is 9.03. The number of ether oxygens (including phenoxy) is 1. The Labute approximate surface area is 183 Å². The highest BCUT2D eigenvalue weighted by atomic mass is 35.5. The molecular formula is C24H20ClFN4O. The molecule has 0 bridgehead atoms. The molecule has 0 radical (unpaired) electrons. The summed E-state index contributed by atoms with van der Waals surface area (Å²) in [6.07, 6.45) is 9.32. The monoisotopic (exact) mass is 434 g/mol. The van der Waals surface area contributed by atoms with Crippen LogP contribution in [0.4, 0.5) is 4.39 Å². The molecule has 3 heterocycles. The first-order valence-corrected chi connectivity index (χ1v) is 11.0. The van der Waals surface area contributed by atoms with E-state index in [4.69, 9.17) is 16.3 Å². The summed E-state index contributed by atoms with van der Waals surface area (Å²) in [7, 11) is 0. The predicted molar refractivity (Wildman–Crippen MR) is 116 cm³/mol.